The predicted molar refractivity (Wildman–Crippen MR) is 81.6 cm³/mol. The maximum absolute atomic E-state index is 10.9. The van der Waals surface area contributed by atoms with Crippen molar-refractivity contribution in [3.05, 3.63) is 57.0 Å². The molecule has 0 radical (unpaired) electrons. The Hall–Kier alpha value is -2.21. The van der Waals surface area contributed by atoms with E-state index in [2.05, 4.69) is 9.97 Å². The van der Waals surface area contributed by atoms with Crippen molar-refractivity contribution in [2.24, 2.45) is 0 Å². The zero-order chi connectivity index (χ0) is 15.4. The van der Waals surface area contributed by atoms with Gasteiger partial charge in [0.25, 0.3) is 5.69 Å². The van der Waals surface area contributed by atoms with Gasteiger partial charge in [0.2, 0.25) is 0 Å². The number of aryl methyl sites for hydroxylation is 1. The van der Waals surface area contributed by atoms with Gasteiger partial charge >= 0.3 is 0 Å². The smallest absolute Gasteiger partial charge is 0.276 e. The molecule has 0 saturated heterocycles. The van der Waals surface area contributed by atoms with Gasteiger partial charge in [-0.3, -0.25) is 15.1 Å². The largest absolute Gasteiger partial charge is 0.351 e. The average Bonchev–Trinajstić information content (AvgIpc) is 2.44. The summed E-state index contributed by atoms with van der Waals surface area (Å²) in [4.78, 5) is 20.9. The highest BCUT2D eigenvalue weighted by Crippen LogP contribution is 2.24. The lowest BCUT2D eigenvalue weighted by Gasteiger charge is -2.21. The molecular formula is C14H15ClN4O2. The summed E-state index contributed by atoms with van der Waals surface area (Å²) >= 11 is 5.87. The van der Waals surface area contributed by atoms with Crippen molar-refractivity contribution in [2.45, 2.75) is 20.4 Å². The number of hydrogen-bond donors (Lipinski definition) is 0. The van der Waals surface area contributed by atoms with Crippen molar-refractivity contribution < 1.29 is 4.92 Å². The second-order valence-electron chi connectivity index (χ2n) is 4.55. The van der Waals surface area contributed by atoms with Crippen LogP contribution in [0.25, 0.3) is 0 Å². The molecule has 2 heterocycles. The fourth-order valence-corrected chi connectivity index (χ4v) is 2.17. The summed E-state index contributed by atoms with van der Waals surface area (Å²) in [7, 11) is 0. The molecule has 2 rings (SSSR count). The molecule has 0 bridgehead atoms. The van der Waals surface area contributed by atoms with E-state index < -0.39 is 4.92 Å². The van der Waals surface area contributed by atoms with Crippen molar-refractivity contribution in [3.8, 4) is 0 Å². The highest BCUT2D eigenvalue weighted by molar-refractivity contribution is 6.29. The highest BCUT2D eigenvalue weighted by Gasteiger charge is 2.15. The Bertz CT molecular complexity index is 663. The molecule has 21 heavy (non-hydrogen) atoms. The van der Waals surface area contributed by atoms with E-state index in [9.17, 15) is 10.1 Å². The number of aromatic nitrogens is 2. The van der Waals surface area contributed by atoms with Gasteiger partial charge in [0, 0.05) is 12.2 Å². The standard InChI is InChI=1S/C14H15ClN4O2/c1-3-18(9-11-6-4-5-10(2)16-11)14-8-12(19(20)21)7-13(15)17-14/h4-8H,3,9H2,1-2H3. The molecule has 0 aromatic carbocycles. The zero-order valence-corrected chi connectivity index (χ0v) is 12.5. The van der Waals surface area contributed by atoms with E-state index >= 15 is 0 Å². The van der Waals surface area contributed by atoms with E-state index in [-0.39, 0.29) is 10.8 Å². The summed E-state index contributed by atoms with van der Waals surface area (Å²) in [6.07, 6.45) is 0. The SMILES string of the molecule is CCN(Cc1cccc(C)n1)c1cc([N+](=O)[O-])cc(Cl)n1. The third-order valence-corrected chi connectivity index (χ3v) is 3.17. The van der Waals surface area contributed by atoms with Crippen LogP contribution in [0.5, 0.6) is 0 Å². The van der Waals surface area contributed by atoms with Crippen LogP contribution in [0.4, 0.5) is 11.5 Å². The van der Waals surface area contributed by atoms with Gasteiger partial charge in [-0.2, -0.15) is 0 Å². The summed E-state index contributed by atoms with van der Waals surface area (Å²) in [6.45, 7) is 5.02. The van der Waals surface area contributed by atoms with E-state index in [0.717, 1.165) is 11.4 Å². The van der Waals surface area contributed by atoms with Crippen LogP contribution in [0.1, 0.15) is 18.3 Å². The molecule has 0 atom stereocenters. The summed E-state index contributed by atoms with van der Waals surface area (Å²) in [6, 6.07) is 8.42. The number of nitrogens with zero attached hydrogens (tertiary/aromatic N) is 4. The second-order valence-corrected chi connectivity index (χ2v) is 4.94. The Balaban J connectivity index is 2.31. The molecule has 0 spiro atoms. The minimum absolute atomic E-state index is 0.0688. The Morgan fingerprint density at radius 3 is 2.71 bits per heavy atom. The molecule has 110 valence electrons. The third kappa shape index (κ3) is 3.88. The first-order chi connectivity index (χ1) is 9.99. The van der Waals surface area contributed by atoms with Gasteiger partial charge in [0.15, 0.2) is 0 Å². The monoisotopic (exact) mass is 306 g/mol. The molecule has 7 heteroatoms. The van der Waals surface area contributed by atoms with Gasteiger partial charge in [0.05, 0.1) is 29.3 Å². The molecule has 0 aliphatic carbocycles. The van der Waals surface area contributed by atoms with Crippen LogP contribution in [0.3, 0.4) is 0 Å². The van der Waals surface area contributed by atoms with Crippen LogP contribution in [0.2, 0.25) is 5.15 Å². The van der Waals surface area contributed by atoms with Crippen LogP contribution < -0.4 is 4.90 Å². The minimum Gasteiger partial charge on any atom is -0.351 e. The number of pyridine rings is 2. The topological polar surface area (TPSA) is 72.2 Å². The Morgan fingerprint density at radius 1 is 1.33 bits per heavy atom. The normalized spacial score (nSPS) is 10.4. The summed E-state index contributed by atoms with van der Waals surface area (Å²) in [5.74, 6) is 0.472. The van der Waals surface area contributed by atoms with E-state index in [0.29, 0.717) is 18.9 Å². The van der Waals surface area contributed by atoms with Crippen molar-refractivity contribution in [1.82, 2.24) is 9.97 Å². The molecular weight excluding hydrogens is 292 g/mol. The number of rotatable bonds is 5. The minimum atomic E-state index is -0.476. The van der Waals surface area contributed by atoms with E-state index in [1.165, 1.54) is 12.1 Å². The van der Waals surface area contributed by atoms with Crippen molar-refractivity contribution in [3.63, 3.8) is 0 Å². The maximum Gasteiger partial charge on any atom is 0.276 e. The quantitative estimate of drug-likeness (QED) is 0.481. The van der Waals surface area contributed by atoms with Crippen molar-refractivity contribution in [2.75, 3.05) is 11.4 Å². The van der Waals surface area contributed by atoms with Gasteiger partial charge in [-0.05, 0) is 26.0 Å². The van der Waals surface area contributed by atoms with Crippen LogP contribution in [0.15, 0.2) is 30.3 Å². The zero-order valence-electron chi connectivity index (χ0n) is 11.8. The molecule has 0 N–H and O–H groups in total. The summed E-state index contributed by atoms with van der Waals surface area (Å²) in [5.41, 5.74) is 1.73. The molecule has 0 amide bonds. The maximum atomic E-state index is 10.9. The number of nitro groups is 1. The molecule has 2 aromatic rings. The van der Waals surface area contributed by atoms with Gasteiger partial charge in [0.1, 0.15) is 11.0 Å². The van der Waals surface area contributed by atoms with Crippen LogP contribution >= 0.6 is 11.6 Å². The van der Waals surface area contributed by atoms with Crippen molar-refractivity contribution in [1.29, 1.82) is 0 Å². The molecule has 0 saturated carbocycles. The fourth-order valence-electron chi connectivity index (χ4n) is 1.98. The number of halogens is 1. The van der Waals surface area contributed by atoms with Crippen molar-refractivity contribution >= 4 is 23.1 Å². The number of anilines is 1. The molecule has 2 aromatic heterocycles. The number of hydrogen-bond acceptors (Lipinski definition) is 5. The van der Waals surface area contributed by atoms with E-state index in [1.54, 1.807) is 0 Å². The van der Waals surface area contributed by atoms with Gasteiger partial charge in [-0.15, -0.1) is 0 Å². The lowest BCUT2D eigenvalue weighted by atomic mass is 10.3. The van der Waals surface area contributed by atoms with E-state index in [4.69, 9.17) is 11.6 Å². The summed E-state index contributed by atoms with van der Waals surface area (Å²) in [5, 5.41) is 11.0. The first-order valence-corrected chi connectivity index (χ1v) is 6.87. The molecule has 0 aliphatic heterocycles. The second kappa shape index (κ2) is 6.49. The van der Waals surface area contributed by atoms with Gasteiger partial charge < -0.3 is 4.90 Å². The lowest BCUT2D eigenvalue weighted by Crippen LogP contribution is -2.24. The van der Waals surface area contributed by atoms with Crippen LogP contribution in [-0.2, 0) is 6.54 Å². The molecule has 0 unspecified atom stereocenters. The third-order valence-electron chi connectivity index (χ3n) is 2.98. The predicted octanol–water partition coefficient (Wildman–Crippen LogP) is 3.37. The molecule has 6 nitrogen and oxygen atoms in total. The van der Waals surface area contributed by atoms with Gasteiger partial charge in [-0.25, -0.2) is 4.98 Å². The fraction of sp³-hybridized carbons (Fsp3) is 0.286. The average molecular weight is 307 g/mol. The lowest BCUT2D eigenvalue weighted by molar-refractivity contribution is -0.384. The Kier molecular flexibility index (Phi) is 4.70. The molecule has 0 aliphatic rings. The first-order valence-electron chi connectivity index (χ1n) is 6.49. The first kappa shape index (κ1) is 15.2. The Labute approximate surface area is 127 Å². The molecule has 0 fully saturated rings. The van der Waals surface area contributed by atoms with Crippen LogP contribution in [-0.4, -0.2) is 21.4 Å². The summed E-state index contributed by atoms with van der Waals surface area (Å²) < 4.78 is 0. The highest BCUT2D eigenvalue weighted by atomic mass is 35.5. The Morgan fingerprint density at radius 2 is 2.10 bits per heavy atom. The van der Waals surface area contributed by atoms with E-state index in [1.807, 2.05) is 36.9 Å². The van der Waals surface area contributed by atoms with Gasteiger partial charge in [-0.1, -0.05) is 17.7 Å². The van der Waals surface area contributed by atoms with Crippen LogP contribution in [0, 0.1) is 17.0 Å².